The van der Waals surface area contributed by atoms with Crippen LogP contribution in [0.25, 0.3) is 0 Å². The molecule has 0 aliphatic carbocycles. The van der Waals surface area contributed by atoms with E-state index in [-0.39, 0.29) is 5.91 Å². The molecule has 2 rings (SSSR count). The van der Waals surface area contributed by atoms with Crippen molar-refractivity contribution in [3.8, 4) is 0 Å². The van der Waals surface area contributed by atoms with Crippen molar-refractivity contribution < 1.29 is 14.3 Å². The van der Waals surface area contributed by atoms with Gasteiger partial charge in [-0.15, -0.1) is 0 Å². The van der Waals surface area contributed by atoms with Crippen LogP contribution < -0.4 is 4.90 Å². The van der Waals surface area contributed by atoms with Gasteiger partial charge in [-0.1, -0.05) is 18.2 Å². The van der Waals surface area contributed by atoms with Gasteiger partial charge in [-0.3, -0.25) is 4.79 Å². The first kappa shape index (κ1) is 14.8. The number of likely N-dealkylation sites (N-methyl/N-ethyl adjacent to an activating group) is 1. The maximum atomic E-state index is 12.3. The summed E-state index contributed by atoms with van der Waals surface area (Å²) in [6, 6.07) is 12.6. The first-order valence-corrected chi connectivity index (χ1v) is 6.65. The van der Waals surface area contributed by atoms with Gasteiger partial charge in [0.1, 0.15) is 5.69 Å². The summed E-state index contributed by atoms with van der Waals surface area (Å²) in [7, 11) is 3.41. The third-order valence-corrected chi connectivity index (χ3v) is 3.26. The minimum atomic E-state index is -0.849. The number of nitrogens with zero attached hydrogens (tertiary/aromatic N) is 2. The van der Waals surface area contributed by atoms with Gasteiger partial charge < -0.3 is 14.2 Å². The summed E-state index contributed by atoms with van der Waals surface area (Å²) in [5, 5.41) is 0. The summed E-state index contributed by atoms with van der Waals surface area (Å²) in [6.45, 7) is 1.57. The topological polar surface area (TPSA) is 51.5 Å². The minimum Gasteiger partial charge on any atom is -0.448 e. The van der Waals surface area contributed by atoms with E-state index in [1.54, 1.807) is 43.9 Å². The van der Waals surface area contributed by atoms with Crippen molar-refractivity contribution in [2.45, 2.75) is 13.0 Å². The number of ether oxygens (including phenoxy) is 1. The molecule has 0 saturated carbocycles. The van der Waals surface area contributed by atoms with Crippen molar-refractivity contribution in [1.29, 1.82) is 0 Å². The molecule has 1 aromatic heterocycles. The quantitative estimate of drug-likeness (QED) is 0.810. The van der Waals surface area contributed by atoms with Crippen LogP contribution in [0, 0.1) is 0 Å². The summed E-state index contributed by atoms with van der Waals surface area (Å²) in [5.74, 6) is -0.784. The molecule has 1 amide bonds. The zero-order chi connectivity index (χ0) is 15.4. The monoisotopic (exact) mass is 286 g/mol. The number of aromatic nitrogens is 1. The van der Waals surface area contributed by atoms with Crippen LogP contribution in [-0.4, -0.2) is 29.6 Å². The van der Waals surface area contributed by atoms with Crippen LogP contribution >= 0.6 is 0 Å². The van der Waals surface area contributed by atoms with Crippen molar-refractivity contribution in [3.05, 3.63) is 54.4 Å². The lowest BCUT2D eigenvalue weighted by molar-refractivity contribution is -0.126. The van der Waals surface area contributed by atoms with E-state index in [1.807, 2.05) is 30.3 Å². The highest BCUT2D eigenvalue weighted by atomic mass is 16.5. The van der Waals surface area contributed by atoms with Gasteiger partial charge in [-0.25, -0.2) is 4.79 Å². The lowest BCUT2D eigenvalue weighted by Crippen LogP contribution is -2.37. The maximum Gasteiger partial charge on any atom is 0.355 e. The van der Waals surface area contributed by atoms with Crippen LogP contribution in [0.2, 0.25) is 0 Å². The summed E-state index contributed by atoms with van der Waals surface area (Å²) < 4.78 is 6.88. The molecule has 0 N–H and O–H groups in total. The van der Waals surface area contributed by atoms with Crippen LogP contribution in [0.4, 0.5) is 5.69 Å². The molecule has 0 bridgehead atoms. The predicted molar refractivity (Wildman–Crippen MR) is 80.1 cm³/mol. The van der Waals surface area contributed by atoms with E-state index in [0.717, 1.165) is 5.69 Å². The van der Waals surface area contributed by atoms with Crippen molar-refractivity contribution in [1.82, 2.24) is 4.57 Å². The van der Waals surface area contributed by atoms with E-state index in [9.17, 15) is 9.59 Å². The first-order chi connectivity index (χ1) is 10.0. The number of aryl methyl sites for hydroxylation is 1. The smallest absolute Gasteiger partial charge is 0.355 e. The normalized spacial score (nSPS) is 11.8. The number of hydrogen-bond acceptors (Lipinski definition) is 3. The molecular formula is C16H18N2O3. The summed E-state index contributed by atoms with van der Waals surface area (Å²) in [4.78, 5) is 25.7. The molecular weight excluding hydrogens is 268 g/mol. The Hall–Kier alpha value is -2.56. The third kappa shape index (κ3) is 3.31. The van der Waals surface area contributed by atoms with Gasteiger partial charge in [0.15, 0.2) is 6.10 Å². The van der Waals surface area contributed by atoms with Gasteiger partial charge >= 0.3 is 5.97 Å². The minimum absolute atomic E-state index is 0.274. The van der Waals surface area contributed by atoms with E-state index < -0.39 is 12.1 Å². The van der Waals surface area contributed by atoms with E-state index in [0.29, 0.717) is 5.69 Å². The molecule has 5 heteroatoms. The predicted octanol–water partition coefficient (Wildman–Crippen LogP) is 2.23. The zero-order valence-corrected chi connectivity index (χ0v) is 12.3. The molecule has 1 atom stereocenters. The molecule has 2 aromatic rings. The van der Waals surface area contributed by atoms with Crippen LogP contribution in [0.1, 0.15) is 17.4 Å². The van der Waals surface area contributed by atoms with Gasteiger partial charge in [0.2, 0.25) is 0 Å². The van der Waals surface area contributed by atoms with Crippen LogP contribution in [0.3, 0.4) is 0 Å². The fourth-order valence-electron chi connectivity index (χ4n) is 2.00. The van der Waals surface area contributed by atoms with Gasteiger partial charge in [-0.05, 0) is 31.2 Å². The molecule has 0 fully saturated rings. The number of benzene rings is 1. The molecule has 0 saturated heterocycles. The first-order valence-electron chi connectivity index (χ1n) is 6.65. The van der Waals surface area contributed by atoms with Crippen LogP contribution in [0.15, 0.2) is 48.7 Å². The Bertz CT molecular complexity index is 634. The molecule has 1 heterocycles. The average Bonchev–Trinajstić information content (AvgIpc) is 2.92. The molecule has 0 unspecified atom stereocenters. The van der Waals surface area contributed by atoms with E-state index >= 15 is 0 Å². The SMILES string of the molecule is C[C@H](OC(=O)c1cccn1C)C(=O)N(C)c1ccccc1. The Kier molecular flexibility index (Phi) is 4.42. The highest BCUT2D eigenvalue weighted by Gasteiger charge is 2.23. The number of anilines is 1. The number of carbonyl (C=O) groups is 2. The fraction of sp³-hybridized carbons (Fsp3) is 0.250. The lowest BCUT2D eigenvalue weighted by atomic mass is 10.2. The van der Waals surface area contributed by atoms with Crippen molar-refractivity contribution in [2.75, 3.05) is 11.9 Å². The number of para-hydroxylation sites is 1. The van der Waals surface area contributed by atoms with E-state index in [1.165, 1.54) is 4.90 Å². The Balaban J connectivity index is 2.03. The van der Waals surface area contributed by atoms with Gasteiger partial charge in [-0.2, -0.15) is 0 Å². The second-order valence-electron chi connectivity index (χ2n) is 4.78. The van der Waals surface area contributed by atoms with Crippen LogP contribution in [-0.2, 0) is 16.6 Å². The largest absolute Gasteiger partial charge is 0.448 e. The number of rotatable bonds is 4. The van der Waals surface area contributed by atoms with Gasteiger partial charge in [0, 0.05) is 26.0 Å². The highest BCUT2D eigenvalue weighted by Crippen LogP contribution is 2.14. The fourth-order valence-corrected chi connectivity index (χ4v) is 2.00. The lowest BCUT2D eigenvalue weighted by Gasteiger charge is -2.21. The molecule has 0 aliphatic rings. The molecule has 1 aromatic carbocycles. The van der Waals surface area contributed by atoms with Crippen LogP contribution in [0.5, 0.6) is 0 Å². The Morgan fingerprint density at radius 3 is 2.38 bits per heavy atom. The average molecular weight is 286 g/mol. The second kappa shape index (κ2) is 6.26. The standard InChI is InChI=1S/C16H18N2O3/c1-12(21-16(20)14-10-7-11-17(14)2)15(19)18(3)13-8-5-4-6-9-13/h4-12H,1-3H3/t12-/m0/s1. The second-order valence-corrected chi connectivity index (χ2v) is 4.78. The summed E-state index contributed by atoms with van der Waals surface area (Å²) >= 11 is 0. The van der Waals surface area contributed by atoms with Crippen molar-refractivity contribution in [3.63, 3.8) is 0 Å². The highest BCUT2D eigenvalue weighted by molar-refractivity contribution is 5.98. The van der Waals surface area contributed by atoms with E-state index in [4.69, 9.17) is 4.74 Å². The molecule has 5 nitrogen and oxygen atoms in total. The molecule has 110 valence electrons. The zero-order valence-electron chi connectivity index (χ0n) is 12.3. The number of amides is 1. The Labute approximate surface area is 123 Å². The van der Waals surface area contributed by atoms with Crippen molar-refractivity contribution >= 4 is 17.6 Å². The molecule has 0 spiro atoms. The van der Waals surface area contributed by atoms with Gasteiger partial charge in [0.25, 0.3) is 5.91 Å². The summed E-state index contributed by atoms with van der Waals surface area (Å²) in [6.07, 6.45) is 0.900. The maximum absolute atomic E-state index is 12.3. The molecule has 0 radical (unpaired) electrons. The Morgan fingerprint density at radius 2 is 1.81 bits per heavy atom. The molecule has 0 aliphatic heterocycles. The number of esters is 1. The number of hydrogen-bond donors (Lipinski definition) is 0. The third-order valence-electron chi connectivity index (χ3n) is 3.26. The summed E-state index contributed by atoms with van der Waals surface area (Å²) in [5.41, 5.74) is 1.17. The molecule has 21 heavy (non-hydrogen) atoms. The Morgan fingerprint density at radius 1 is 1.14 bits per heavy atom. The number of carbonyl (C=O) groups excluding carboxylic acids is 2. The van der Waals surface area contributed by atoms with Crippen molar-refractivity contribution in [2.24, 2.45) is 7.05 Å². The van der Waals surface area contributed by atoms with E-state index in [2.05, 4.69) is 0 Å². The van der Waals surface area contributed by atoms with Gasteiger partial charge in [0.05, 0.1) is 0 Å².